The predicted octanol–water partition coefficient (Wildman–Crippen LogP) is 3.62. The van der Waals surface area contributed by atoms with E-state index < -0.39 is 11.9 Å². The number of hydrogen-bond donors (Lipinski definition) is 2. The summed E-state index contributed by atoms with van der Waals surface area (Å²) in [5.74, 6) is 0.191. The number of pyridine rings is 1. The van der Waals surface area contributed by atoms with E-state index in [1.807, 2.05) is 48.7 Å². The smallest absolute Gasteiger partial charge is 0.321 e. The molecular weight excluding hydrogens is 424 g/mol. The monoisotopic (exact) mass is 444 g/mol. The lowest BCUT2D eigenvalue weighted by atomic mass is 10.2. The van der Waals surface area contributed by atoms with Crippen molar-refractivity contribution in [1.82, 2.24) is 30.4 Å². The summed E-state index contributed by atoms with van der Waals surface area (Å²) < 4.78 is 1.85. The molecule has 0 bridgehead atoms. The molecule has 8 nitrogen and oxygen atoms in total. The van der Waals surface area contributed by atoms with Crippen LogP contribution in [0.1, 0.15) is 18.9 Å². The van der Waals surface area contributed by atoms with Crippen molar-refractivity contribution in [3.8, 4) is 17.1 Å². The molecule has 0 fully saturated rings. The Morgan fingerprint density at radius 1 is 1.17 bits per heavy atom. The van der Waals surface area contributed by atoms with Gasteiger partial charge in [0.1, 0.15) is 0 Å². The van der Waals surface area contributed by atoms with Crippen LogP contribution in [0.25, 0.3) is 17.1 Å². The van der Waals surface area contributed by atoms with E-state index in [2.05, 4.69) is 25.8 Å². The number of hydrogen-bond acceptors (Lipinski definition) is 6. The van der Waals surface area contributed by atoms with Gasteiger partial charge in [-0.05, 0) is 43.2 Å². The van der Waals surface area contributed by atoms with Gasteiger partial charge in [0.05, 0.1) is 11.4 Å². The Hall–Kier alpha value is -2.91. The maximum Gasteiger partial charge on any atom is 0.321 e. The Labute approximate surface area is 183 Å². The van der Waals surface area contributed by atoms with Crippen molar-refractivity contribution in [3.63, 3.8) is 0 Å². The van der Waals surface area contributed by atoms with Gasteiger partial charge in [0.15, 0.2) is 11.0 Å². The average Bonchev–Trinajstić information content (AvgIpc) is 3.17. The number of aromatic nitrogens is 4. The van der Waals surface area contributed by atoms with Crippen LogP contribution in [-0.4, -0.2) is 44.0 Å². The number of carbonyl (C=O) groups is 2. The number of amides is 3. The molecule has 0 spiro atoms. The van der Waals surface area contributed by atoms with Crippen LogP contribution in [0, 0.1) is 6.92 Å². The van der Waals surface area contributed by atoms with E-state index in [4.69, 9.17) is 11.6 Å². The van der Waals surface area contributed by atoms with Gasteiger partial charge in [-0.1, -0.05) is 36.4 Å². The maximum atomic E-state index is 12.2. The molecular formula is C20H21ClN6O2S. The van der Waals surface area contributed by atoms with Crippen molar-refractivity contribution in [2.75, 3.05) is 12.3 Å². The Morgan fingerprint density at radius 3 is 2.67 bits per heavy atom. The molecule has 0 aliphatic heterocycles. The molecule has 1 aromatic carbocycles. The molecule has 156 valence electrons. The third kappa shape index (κ3) is 5.17. The van der Waals surface area contributed by atoms with E-state index in [1.165, 1.54) is 11.8 Å². The highest BCUT2D eigenvalue weighted by molar-refractivity contribution is 7.99. The molecule has 0 saturated heterocycles. The summed E-state index contributed by atoms with van der Waals surface area (Å²) in [6.45, 7) is 4.35. The lowest BCUT2D eigenvalue weighted by Crippen LogP contribution is -2.40. The number of imide groups is 1. The topological polar surface area (TPSA) is 102 Å². The van der Waals surface area contributed by atoms with E-state index in [0.29, 0.717) is 22.5 Å². The molecule has 0 atom stereocenters. The summed E-state index contributed by atoms with van der Waals surface area (Å²) in [7, 11) is 0. The third-order valence-electron chi connectivity index (χ3n) is 4.17. The number of carbonyl (C=O) groups excluding carboxylic acids is 2. The Balaban J connectivity index is 1.88. The normalized spacial score (nSPS) is 10.6. The molecule has 2 N–H and O–H groups in total. The molecule has 2 heterocycles. The Morgan fingerprint density at radius 2 is 1.93 bits per heavy atom. The van der Waals surface area contributed by atoms with Gasteiger partial charge in [-0.15, -0.1) is 10.2 Å². The molecule has 0 aliphatic carbocycles. The summed E-state index contributed by atoms with van der Waals surface area (Å²) in [4.78, 5) is 27.9. The molecule has 30 heavy (non-hydrogen) atoms. The second kappa shape index (κ2) is 10.2. The fourth-order valence-corrected chi connectivity index (χ4v) is 3.60. The van der Waals surface area contributed by atoms with Crippen LogP contribution in [0.5, 0.6) is 0 Å². The van der Waals surface area contributed by atoms with Crippen LogP contribution in [0.3, 0.4) is 0 Å². The fraction of sp³-hybridized carbons (Fsp3) is 0.250. The second-order valence-corrected chi connectivity index (χ2v) is 7.70. The zero-order valence-corrected chi connectivity index (χ0v) is 18.1. The summed E-state index contributed by atoms with van der Waals surface area (Å²) in [6, 6.07) is 8.73. The van der Waals surface area contributed by atoms with E-state index in [9.17, 15) is 9.59 Å². The van der Waals surface area contributed by atoms with Gasteiger partial charge >= 0.3 is 6.03 Å². The Kier molecular flexibility index (Phi) is 7.42. The van der Waals surface area contributed by atoms with Crippen molar-refractivity contribution in [1.29, 1.82) is 0 Å². The predicted molar refractivity (Wildman–Crippen MR) is 117 cm³/mol. The van der Waals surface area contributed by atoms with Crippen LogP contribution < -0.4 is 10.6 Å². The Bertz CT molecular complexity index is 1040. The molecule has 0 unspecified atom stereocenters. The first-order valence-corrected chi connectivity index (χ1v) is 10.7. The van der Waals surface area contributed by atoms with Crippen molar-refractivity contribution in [2.24, 2.45) is 0 Å². The lowest BCUT2D eigenvalue weighted by molar-refractivity contribution is -0.117. The maximum absolute atomic E-state index is 12.2. The number of halogens is 1. The second-order valence-electron chi connectivity index (χ2n) is 6.35. The number of nitrogens with one attached hydrogen (secondary N) is 2. The molecule has 2 aromatic heterocycles. The van der Waals surface area contributed by atoms with Gasteiger partial charge < -0.3 is 5.32 Å². The van der Waals surface area contributed by atoms with Gasteiger partial charge in [0.2, 0.25) is 5.91 Å². The van der Waals surface area contributed by atoms with E-state index in [-0.39, 0.29) is 5.75 Å². The summed E-state index contributed by atoms with van der Waals surface area (Å²) in [6.07, 6.45) is 4.14. The minimum Gasteiger partial charge on any atom is -0.338 e. The van der Waals surface area contributed by atoms with E-state index in [1.54, 1.807) is 12.4 Å². The molecule has 3 rings (SSSR count). The first kappa shape index (κ1) is 21.8. The largest absolute Gasteiger partial charge is 0.338 e. The van der Waals surface area contributed by atoms with Crippen LogP contribution in [0.2, 0.25) is 5.02 Å². The first-order chi connectivity index (χ1) is 14.5. The fourth-order valence-electron chi connectivity index (χ4n) is 2.68. The molecule has 10 heteroatoms. The van der Waals surface area contributed by atoms with Crippen molar-refractivity contribution in [3.05, 3.63) is 53.3 Å². The van der Waals surface area contributed by atoms with Gasteiger partial charge in [0, 0.05) is 29.5 Å². The summed E-state index contributed by atoms with van der Waals surface area (Å²) >= 11 is 7.51. The van der Waals surface area contributed by atoms with Crippen LogP contribution >= 0.6 is 23.4 Å². The first-order valence-electron chi connectivity index (χ1n) is 9.33. The number of thioether (sulfide) groups is 1. The van der Waals surface area contributed by atoms with Crippen molar-refractivity contribution in [2.45, 2.75) is 25.4 Å². The highest BCUT2D eigenvalue weighted by atomic mass is 35.5. The highest BCUT2D eigenvalue weighted by Crippen LogP contribution is 2.31. The molecule has 0 saturated carbocycles. The van der Waals surface area contributed by atoms with E-state index in [0.717, 1.165) is 23.2 Å². The lowest BCUT2D eigenvalue weighted by Gasteiger charge is -2.13. The van der Waals surface area contributed by atoms with Crippen molar-refractivity contribution < 1.29 is 9.59 Å². The third-order valence-corrected chi connectivity index (χ3v) is 5.51. The zero-order chi connectivity index (χ0) is 21.5. The van der Waals surface area contributed by atoms with Gasteiger partial charge in [-0.2, -0.15) is 0 Å². The highest BCUT2D eigenvalue weighted by Gasteiger charge is 2.19. The van der Waals surface area contributed by atoms with Crippen molar-refractivity contribution >= 4 is 35.3 Å². The number of urea groups is 1. The number of benzene rings is 1. The molecule has 0 aliphatic rings. The number of rotatable bonds is 7. The molecule has 3 amide bonds. The molecule has 0 radical (unpaired) electrons. The quantitative estimate of drug-likeness (QED) is 0.539. The summed E-state index contributed by atoms with van der Waals surface area (Å²) in [5, 5.41) is 14.6. The van der Waals surface area contributed by atoms with Crippen LogP contribution in [0.4, 0.5) is 4.79 Å². The average molecular weight is 445 g/mol. The van der Waals surface area contributed by atoms with Gasteiger partial charge in [-0.3, -0.25) is 19.7 Å². The van der Waals surface area contributed by atoms with Crippen LogP contribution in [-0.2, 0) is 4.79 Å². The van der Waals surface area contributed by atoms with E-state index >= 15 is 0 Å². The summed E-state index contributed by atoms with van der Waals surface area (Å²) in [5.41, 5.74) is 2.49. The minimum absolute atomic E-state index is 0.00758. The molecule has 3 aromatic rings. The van der Waals surface area contributed by atoms with Gasteiger partial charge in [0.25, 0.3) is 0 Å². The van der Waals surface area contributed by atoms with Gasteiger partial charge in [-0.25, -0.2) is 4.79 Å². The SMILES string of the molecule is CCCNC(=O)NC(=O)CSc1nnc(-c2ccncc2)n1-c1cccc(Cl)c1C. The number of nitrogens with zero attached hydrogens (tertiary/aromatic N) is 4. The zero-order valence-electron chi connectivity index (χ0n) is 16.6. The minimum atomic E-state index is -0.507. The van der Waals surface area contributed by atoms with Crippen LogP contribution in [0.15, 0.2) is 47.9 Å². The standard InChI is InChI=1S/C20H21ClN6O2S/c1-3-9-23-19(29)24-17(28)12-30-20-26-25-18(14-7-10-22-11-8-14)27(20)16-6-4-5-15(21)13(16)2/h4-8,10-11H,3,9,12H2,1-2H3,(H2,23,24,28,29).